The Balaban J connectivity index is 1.53. The highest BCUT2D eigenvalue weighted by atomic mass is 16.2. The summed E-state index contributed by atoms with van der Waals surface area (Å²) in [5.74, 6) is -0.956. The molecular formula is C27H30N4O3. The monoisotopic (exact) mass is 458 g/mol. The maximum atomic E-state index is 12.9. The predicted octanol–water partition coefficient (Wildman–Crippen LogP) is 4.55. The van der Waals surface area contributed by atoms with E-state index in [1.54, 1.807) is 12.1 Å². The first-order chi connectivity index (χ1) is 16.1. The van der Waals surface area contributed by atoms with Crippen LogP contribution < -0.4 is 15.5 Å². The van der Waals surface area contributed by atoms with Crippen LogP contribution in [0.3, 0.4) is 0 Å². The summed E-state index contributed by atoms with van der Waals surface area (Å²) in [5.41, 5.74) is 5.83. The summed E-state index contributed by atoms with van der Waals surface area (Å²) < 4.78 is 0. The summed E-state index contributed by atoms with van der Waals surface area (Å²) in [7, 11) is 0. The molecule has 2 aromatic carbocycles. The second-order valence-electron chi connectivity index (χ2n) is 9.24. The van der Waals surface area contributed by atoms with E-state index in [4.69, 9.17) is 0 Å². The zero-order valence-corrected chi connectivity index (χ0v) is 20.2. The number of anilines is 2. The second-order valence-corrected chi connectivity index (χ2v) is 9.24. The Hall–Kier alpha value is -3.87. The first-order valence-electron chi connectivity index (χ1n) is 11.4. The topological polar surface area (TPSA) is 81.8 Å². The number of para-hydroxylation sites is 1. The smallest absolute Gasteiger partial charge is 0.329 e. The molecule has 7 nitrogen and oxygen atoms in total. The Kier molecular flexibility index (Phi) is 6.04. The molecule has 1 fully saturated rings. The van der Waals surface area contributed by atoms with Gasteiger partial charge in [-0.05, 0) is 75.6 Å². The number of nitrogens with zero attached hydrogens (tertiary/aromatic N) is 2. The number of carbonyl (C=O) groups is 3. The number of rotatable bonds is 5. The average Bonchev–Trinajstić information content (AvgIpc) is 3.02. The number of hydrogen-bond donors (Lipinski definition) is 2. The van der Waals surface area contributed by atoms with Gasteiger partial charge in [0.25, 0.3) is 5.91 Å². The second kappa shape index (κ2) is 8.82. The van der Waals surface area contributed by atoms with Crippen molar-refractivity contribution in [2.45, 2.75) is 40.2 Å². The summed E-state index contributed by atoms with van der Waals surface area (Å²) >= 11 is 0. The lowest BCUT2D eigenvalue weighted by Gasteiger charge is -2.42. The van der Waals surface area contributed by atoms with Crippen LogP contribution in [0.2, 0.25) is 0 Å². The largest absolute Gasteiger partial charge is 0.363 e. The fraction of sp³-hybridized carbons (Fsp3) is 0.296. The molecule has 4 amide bonds. The third kappa shape index (κ3) is 4.33. The minimum absolute atomic E-state index is 0.0828. The molecule has 0 bridgehead atoms. The van der Waals surface area contributed by atoms with Crippen molar-refractivity contribution < 1.29 is 14.4 Å². The SMILES string of the molecule is CCN1c2ccc(/C=C3/NC(=O)N(CC(=O)Nc4ccccc4C)C3=O)cc2C(C)=CC1(C)C. The van der Waals surface area contributed by atoms with Gasteiger partial charge in [-0.15, -0.1) is 0 Å². The number of hydrogen-bond acceptors (Lipinski definition) is 4. The van der Waals surface area contributed by atoms with E-state index in [2.05, 4.69) is 55.4 Å². The zero-order valence-electron chi connectivity index (χ0n) is 20.2. The lowest BCUT2D eigenvalue weighted by atomic mass is 9.88. The molecule has 1 saturated heterocycles. The molecule has 0 aromatic heterocycles. The van der Waals surface area contributed by atoms with Gasteiger partial charge in [-0.2, -0.15) is 0 Å². The highest BCUT2D eigenvalue weighted by Crippen LogP contribution is 2.39. The average molecular weight is 459 g/mol. The predicted molar refractivity (Wildman–Crippen MR) is 135 cm³/mol. The standard InChI is InChI=1S/C27H30N4O3/c1-6-31-23-12-11-19(13-20(23)18(3)15-27(31,4)5)14-22-25(33)30(26(34)29-22)16-24(32)28-21-10-8-7-9-17(21)2/h7-15H,6,16H2,1-5H3,(H,28,32)(H,29,34)/b22-14+. The molecule has 7 heteroatoms. The van der Waals surface area contributed by atoms with Crippen LogP contribution in [0.25, 0.3) is 11.6 Å². The maximum absolute atomic E-state index is 12.9. The summed E-state index contributed by atoms with van der Waals surface area (Å²) in [5, 5.41) is 5.36. The Bertz CT molecular complexity index is 1240. The van der Waals surface area contributed by atoms with Crippen LogP contribution in [0.5, 0.6) is 0 Å². The minimum Gasteiger partial charge on any atom is -0.363 e. The summed E-state index contributed by atoms with van der Waals surface area (Å²) in [6, 6.07) is 12.8. The molecule has 0 unspecified atom stereocenters. The number of amides is 4. The van der Waals surface area contributed by atoms with Crippen molar-refractivity contribution >= 4 is 40.9 Å². The molecule has 0 saturated carbocycles. The third-order valence-electron chi connectivity index (χ3n) is 6.31. The van der Waals surface area contributed by atoms with Gasteiger partial charge in [0.2, 0.25) is 5.91 Å². The normalized spacial score (nSPS) is 18.0. The van der Waals surface area contributed by atoms with Gasteiger partial charge in [-0.25, -0.2) is 9.69 Å². The fourth-order valence-electron chi connectivity index (χ4n) is 4.70. The molecule has 0 spiro atoms. The van der Waals surface area contributed by atoms with Crippen molar-refractivity contribution in [1.29, 1.82) is 0 Å². The zero-order chi connectivity index (χ0) is 24.6. The summed E-state index contributed by atoms with van der Waals surface area (Å²) in [6.07, 6.45) is 3.90. The number of imide groups is 1. The molecule has 2 aliphatic heterocycles. The number of fused-ring (bicyclic) bond motifs is 1. The van der Waals surface area contributed by atoms with Crippen LogP contribution in [0.15, 0.2) is 54.2 Å². The Morgan fingerprint density at radius 3 is 2.56 bits per heavy atom. The van der Waals surface area contributed by atoms with E-state index < -0.39 is 17.8 Å². The van der Waals surface area contributed by atoms with Crippen molar-refractivity contribution in [2.75, 3.05) is 23.3 Å². The summed E-state index contributed by atoms with van der Waals surface area (Å²) in [6.45, 7) is 11.0. The minimum atomic E-state index is -0.607. The van der Waals surface area contributed by atoms with Crippen LogP contribution in [-0.2, 0) is 9.59 Å². The maximum Gasteiger partial charge on any atom is 0.329 e. The van der Waals surface area contributed by atoms with E-state index in [1.807, 2.05) is 37.3 Å². The number of nitrogens with one attached hydrogen (secondary N) is 2. The number of allylic oxidation sites excluding steroid dienone is 1. The van der Waals surface area contributed by atoms with Gasteiger partial charge in [0, 0.05) is 23.5 Å². The fourth-order valence-corrected chi connectivity index (χ4v) is 4.70. The summed E-state index contributed by atoms with van der Waals surface area (Å²) in [4.78, 5) is 41.0. The number of carbonyl (C=O) groups excluding carboxylic acids is 3. The van der Waals surface area contributed by atoms with E-state index in [0.717, 1.165) is 33.8 Å². The highest BCUT2D eigenvalue weighted by molar-refractivity contribution is 6.16. The van der Waals surface area contributed by atoms with Crippen molar-refractivity contribution in [1.82, 2.24) is 10.2 Å². The van der Waals surface area contributed by atoms with Crippen LogP contribution in [0.4, 0.5) is 16.2 Å². The molecule has 2 aliphatic rings. The number of likely N-dealkylation sites (N-methyl/N-ethyl adjacent to an activating group) is 1. The lowest BCUT2D eigenvalue weighted by molar-refractivity contribution is -0.127. The molecule has 0 atom stereocenters. The van der Waals surface area contributed by atoms with E-state index >= 15 is 0 Å². The van der Waals surface area contributed by atoms with Crippen LogP contribution >= 0.6 is 0 Å². The van der Waals surface area contributed by atoms with Crippen LogP contribution in [0.1, 0.15) is 44.4 Å². The van der Waals surface area contributed by atoms with E-state index in [9.17, 15) is 14.4 Å². The Labute approximate surface area is 200 Å². The van der Waals surface area contributed by atoms with Gasteiger partial charge in [0.15, 0.2) is 0 Å². The molecule has 34 heavy (non-hydrogen) atoms. The molecule has 2 aromatic rings. The highest BCUT2D eigenvalue weighted by Gasteiger charge is 2.35. The number of aryl methyl sites for hydroxylation is 1. The van der Waals surface area contributed by atoms with Gasteiger partial charge in [-0.1, -0.05) is 30.3 Å². The Morgan fingerprint density at radius 2 is 1.85 bits per heavy atom. The van der Waals surface area contributed by atoms with Gasteiger partial charge >= 0.3 is 6.03 Å². The van der Waals surface area contributed by atoms with E-state index in [-0.39, 0.29) is 17.8 Å². The van der Waals surface area contributed by atoms with Crippen molar-refractivity contribution in [3.8, 4) is 0 Å². The Morgan fingerprint density at radius 1 is 1.12 bits per heavy atom. The van der Waals surface area contributed by atoms with Crippen LogP contribution in [-0.4, -0.2) is 41.4 Å². The first kappa shape index (κ1) is 23.3. The molecular weight excluding hydrogens is 428 g/mol. The molecule has 2 N–H and O–H groups in total. The molecule has 176 valence electrons. The van der Waals surface area contributed by atoms with Crippen molar-refractivity contribution in [2.24, 2.45) is 0 Å². The molecule has 2 heterocycles. The van der Waals surface area contributed by atoms with Gasteiger partial charge < -0.3 is 15.5 Å². The molecule has 4 rings (SSSR count). The van der Waals surface area contributed by atoms with Gasteiger partial charge in [0.05, 0.1) is 5.54 Å². The van der Waals surface area contributed by atoms with E-state index in [0.29, 0.717) is 5.69 Å². The van der Waals surface area contributed by atoms with Gasteiger partial charge in [-0.3, -0.25) is 9.59 Å². The molecule has 0 radical (unpaired) electrons. The van der Waals surface area contributed by atoms with Crippen LogP contribution in [0, 0.1) is 6.92 Å². The first-order valence-corrected chi connectivity index (χ1v) is 11.4. The quantitative estimate of drug-likeness (QED) is 0.509. The third-order valence-corrected chi connectivity index (χ3v) is 6.31. The van der Waals surface area contributed by atoms with Crippen molar-refractivity contribution in [3.05, 3.63) is 70.9 Å². The lowest BCUT2D eigenvalue weighted by Crippen LogP contribution is -2.44. The number of benzene rings is 2. The van der Waals surface area contributed by atoms with Crippen molar-refractivity contribution in [3.63, 3.8) is 0 Å². The number of urea groups is 1. The van der Waals surface area contributed by atoms with E-state index in [1.165, 1.54) is 5.57 Å². The molecule has 0 aliphatic carbocycles. The van der Waals surface area contributed by atoms with Gasteiger partial charge in [0.1, 0.15) is 12.2 Å².